The molecule has 4 amide bonds. The standard InChI is InChI=1S/C19H31N3O6/c1-13(2)28-19(26)20-17(24)16-8-5-9-22(16)18(25)15(11-21(27)12-23)10-14-6-3-4-7-14/h12-16,27H,3-11H2,1-2H3,(H,20,24,26)/t15-,16+/m1/s1. The molecule has 158 valence electrons. The molecule has 0 aromatic rings. The molecule has 9 nitrogen and oxygen atoms in total. The molecule has 1 heterocycles. The van der Waals surface area contributed by atoms with Crippen LogP contribution >= 0.6 is 0 Å². The van der Waals surface area contributed by atoms with Crippen molar-refractivity contribution in [1.82, 2.24) is 15.3 Å². The molecule has 0 spiro atoms. The minimum atomic E-state index is -0.829. The number of imide groups is 1. The van der Waals surface area contributed by atoms with Gasteiger partial charge in [-0.15, -0.1) is 0 Å². The van der Waals surface area contributed by atoms with E-state index in [0.29, 0.717) is 36.8 Å². The number of hydroxylamine groups is 2. The van der Waals surface area contributed by atoms with Gasteiger partial charge in [-0.25, -0.2) is 9.86 Å². The number of nitrogens with zero attached hydrogens (tertiary/aromatic N) is 2. The Kier molecular flexibility index (Phi) is 8.22. The van der Waals surface area contributed by atoms with Gasteiger partial charge in [0.15, 0.2) is 0 Å². The summed E-state index contributed by atoms with van der Waals surface area (Å²) < 4.78 is 4.93. The molecule has 2 aliphatic rings. The number of hydrogen-bond donors (Lipinski definition) is 2. The van der Waals surface area contributed by atoms with E-state index in [0.717, 1.165) is 25.7 Å². The summed E-state index contributed by atoms with van der Waals surface area (Å²) in [5, 5.41) is 12.3. The van der Waals surface area contributed by atoms with Crippen LogP contribution in [-0.4, -0.2) is 64.7 Å². The van der Waals surface area contributed by atoms with E-state index in [2.05, 4.69) is 5.32 Å². The molecule has 0 aromatic heterocycles. The molecule has 0 bridgehead atoms. The minimum Gasteiger partial charge on any atom is -0.447 e. The van der Waals surface area contributed by atoms with Gasteiger partial charge in [-0.1, -0.05) is 25.7 Å². The first-order valence-corrected chi connectivity index (χ1v) is 10.0. The number of alkyl carbamates (subject to hydrolysis) is 1. The summed E-state index contributed by atoms with van der Waals surface area (Å²) in [6.45, 7) is 3.66. The zero-order valence-corrected chi connectivity index (χ0v) is 16.6. The zero-order valence-electron chi connectivity index (χ0n) is 16.6. The Morgan fingerprint density at radius 1 is 1.21 bits per heavy atom. The third-order valence-electron chi connectivity index (χ3n) is 5.38. The molecule has 0 unspecified atom stereocenters. The van der Waals surface area contributed by atoms with Crippen LogP contribution in [0.1, 0.15) is 58.8 Å². The molecule has 2 N–H and O–H groups in total. The van der Waals surface area contributed by atoms with Crippen LogP contribution in [0.3, 0.4) is 0 Å². The van der Waals surface area contributed by atoms with Crippen molar-refractivity contribution in [3.05, 3.63) is 0 Å². The SMILES string of the molecule is CC(C)OC(=O)NC(=O)[C@@H]1CCCN1C(=O)[C@H](CC1CCCC1)CN(O)C=O. The molecule has 0 radical (unpaired) electrons. The molecule has 2 rings (SSSR count). The minimum absolute atomic E-state index is 0.0982. The quantitative estimate of drug-likeness (QED) is 0.366. The van der Waals surface area contributed by atoms with Crippen molar-refractivity contribution < 1.29 is 29.1 Å². The maximum Gasteiger partial charge on any atom is 0.414 e. The fraction of sp³-hybridized carbons (Fsp3) is 0.789. The molecule has 2 atom stereocenters. The Labute approximate surface area is 165 Å². The molecule has 1 aliphatic heterocycles. The van der Waals surface area contributed by atoms with Crippen LogP contribution in [0.5, 0.6) is 0 Å². The highest BCUT2D eigenvalue weighted by Gasteiger charge is 2.39. The number of likely N-dealkylation sites (tertiary alicyclic amines) is 1. The van der Waals surface area contributed by atoms with Gasteiger partial charge in [0.25, 0.3) is 5.91 Å². The van der Waals surface area contributed by atoms with Gasteiger partial charge >= 0.3 is 6.09 Å². The Balaban J connectivity index is 2.04. The van der Waals surface area contributed by atoms with Crippen LogP contribution in [0, 0.1) is 11.8 Å². The van der Waals surface area contributed by atoms with E-state index in [1.807, 2.05) is 0 Å². The molecule has 1 aliphatic carbocycles. The van der Waals surface area contributed by atoms with Gasteiger partial charge in [0.2, 0.25) is 12.3 Å². The lowest BCUT2D eigenvalue weighted by Crippen LogP contribution is -2.50. The molecule has 1 saturated heterocycles. The monoisotopic (exact) mass is 397 g/mol. The number of carbonyl (C=O) groups excluding carboxylic acids is 4. The highest BCUT2D eigenvalue weighted by atomic mass is 16.6. The third-order valence-corrected chi connectivity index (χ3v) is 5.38. The number of hydrogen-bond acceptors (Lipinski definition) is 6. The molecule has 28 heavy (non-hydrogen) atoms. The third kappa shape index (κ3) is 6.19. The van der Waals surface area contributed by atoms with Crippen LogP contribution in [-0.2, 0) is 19.1 Å². The topological polar surface area (TPSA) is 116 Å². The Morgan fingerprint density at radius 3 is 2.50 bits per heavy atom. The average Bonchev–Trinajstić information content (AvgIpc) is 3.31. The van der Waals surface area contributed by atoms with E-state index in [1.54, 1.807) is 13.8 Å². The molecule has 9 heteroatoms. The van der Waals surface area contributed by atoms with Crippen molar-refractivity contribution >= 4 is 24.3 Å². The number of carbonyl (C=O) groups is 4. The molecular weight excluding hydrogens is 366 g/mol. The van der Waals surface area contributed by atoms with E-state index in [4.69, 9.17) is 4.74 Å². The second-order valence-electron chi connectivity index (χ2n) is 7.94. The van der Waals surface area contributed by atoms with Crippen molar-refractivity contribution in [3.63, 3.8) is 0 Å². The predicted molar refractivity (Wildman–Crippen MR) is 99.1 cm³/mol. The summed E-state index contributed by atoms with van der Waals surface area (Å²) in [6, 6.07) is -0.748. The Hall–Kier alpha value is -2.16. The Morgan fingerprint density at radius 2 is 1.89 bits per heavy atom. The smallest absolute Gasteiger partial charge is 0.414 e. The maximum absolute atomic E-state index is 13.1. The summed E-state index contributed by atoms with van der Waals surface area (Å²) >= 11 is 0. The van der Waals surface area contributed by atoms with E-state index in [9.17, 15) is 24.4 Å². The van der Waals surface area contributed by atoms with Crippen molar-refractivity contribution in [1.29, 1.82) is 0 Å². The lowest BCUT2D eigenvalue weighted by Gasteiger charge is -2.30. The van der Waals surface area contributed by atoms with Crippen molar-refractivity contribution in [2.75, 3.05) is 13.1 Å². The first-order chi connectivity index (χ1) is 13.3. The lowest BCUT2D eigenvalue weighted by molar-refractivity contribution is -0.158. The van der Waals surface area contributed by atoms with Crippen LogP contribution in [0.2, 0.25) is 0 Å². The number of amides is 4. The molecule has 2 fully saturated rings. The predicted octanol–water partition coefficient (Wildman–Crippen LogP) is 1.68. The molecule has 0 aromatic carbocycles. The summed E-state index contributed by atoms with van der Waals surface area (Å²) in [4.78, 5) is 49.6. The van der Waals surface area contributed by atoms with Crippen LogP contribution in [0.15, 0.2) is 0 Å². The number of rotatable bonds is 8. The fourth-order valence-electron chi connectivity index (χ4n) is 4.14. The second kappa shape index (κ2) is 10.4. The van der Waals surface area contributed by atoms with Crippen molar-refractivity contribution in [2.24, 2.45) is 11.8 Å². The zero-order chi connectivity index (χ0) is 20.7. The summed E-state index contributed by atoms with van der Waals surface area (Å²) in [7, 11) is 0. The van der Waals surface area contributed by atoms with Gasteiger partial charge in [0.05, 0.1) is 18.6 Å². The summed E-state index contributed by atoms with van der Waals surface area (Å²) in [5.74, 6) is -1.02. The van der Waals surface area contributed by atoms with Crippen LogP contribution in [0.4, 0.5) is 4.79 Å². The van der Waals surface area contributed by atoms with E-state index in [-0.39, 0.29) is 25.0 Å². The normalized spacial score (nSPS) is 20.9. The summed E-state index contributed by atoms with van der Waals surface area (Å²) in [5.41, 5.74) is 0. The number of ether oxygens (including phenoxy) is 1. The lowest BCUT2D eigenvalue weighted by atomic mass is 9.91. The van der Waals surface area contributed by atoms with E-state index >= 15 is 0 Å². The van der Waals surface area contributed by atoms with Gasteiger partial charge in [-0.05, 0) is 39.0 Å². The first kappa shape index (κ1) is 22.1. The Bertz CT molecular complexity index is 576. The average molecular weight is 397 g/mol. The van der Waals surface area contributed by atoms with E-state index < -0.39 is 24.0 Å². The van der Waals surface area contributed by atoms with Crippen LogP contribution in [0.25, 0.3) is 0 Å². The largest absolute Gasteiger partial charge is 0.447 e. The van der Waals surface area contributed by atoms with Gasteiger partial charge < -0.3 is 9.64 Å². The number of nitrogens with one attached hydrogen (secondary N) is 1. The molecule has 1 saturated carbocycles. The second-order valence-corrected chi connectivity index (χ2v) is 7.94. The van der Waals surface area contributed by atoms with Crippen molar-refractivity contribution in [3.8, 4) is 0 Å². The molecular formula is C19H31N3O6. The van der Waals surface area contributed by atoms with Gasteiger partial charge in [-0.2, -0.15) is 0 Å². The first-order valence-electron chi connectivity index (χ1n) is 10.0. The van der Waals surface area contributed by atoms with Gasteiger partial charge in [-0.3, -0.25) is 24.9 Å². The highest BCUT2D eigenvalue weighted by molar-refractivity contribution is 5.97. The highest BCUT2D eigenvalue weighted by Crippen LogP contribution is 2.32. The summed E-state index contributed by atoms with van der Waals surface area (Å²) in [6.07, 6.45) is 5.07. The maximum atomic E-state index is 13.1. The van der Waals surface area contributed by atoms with Gasteiger partial charge in [0, 0.05) is 6.54 Å². The van der Waals surface area contributed by atoms with E-state index in [1.165, 1.54) is 4.90 Å². The van der Waals surface area contributed by atoms with Crippen LogP contribution < -0.4 is 5.32 Å². The fourth-order valence-corrected chi connectivity index (χ4v) is 4.14. The van der Waals surface area contributed by atoms with Gasteiger partial charge in [0.1, 0.15) is 6.04 Å². The van der Waals surface area contributed by atoms with Crippen molar-refractivity contribution in [2.45, 2.75) is 70.9 Å².